The van der Waals surface area contributed by atoms with E-state index >= 15 is 0 Å². The second-order valence-corrected chi connectivity index (χ2v) is 5.25. The number of likely N-dealkylation sites (N-methyl/N-ethyl adjacent to an activating group) is 1. The predicted molar refractivity (Wildman–Crippen MR) is 75.7 cm³/mol. The number of thiophene rings is 1. The maximum Gasteiger partial charge on any atom is 0.252 e. The molecule has 1 heterocycles. The first kappa shape index (κ1) is 14.7. The maximum absolute atomic E-state index is 11.9. The molecule has 0 spiro atoms. The Bertz CT molecular complexity index is 456. The van der Waals surface area contributed by atoms with Crippen molar-refractivity contribution in [3.8, 4) is 11.8 Å². The van der Waals surface area contributed by atoms with E-state index < -0.39 is 0 Å². The Labute approximate surface area is 112 Å². The normalized spacial score (nSPS) is 11.8. The molecule has 0 aliphatic carbocycles. The molecule has 0 saturated carbocycles. The van der Waals surface area contributed by atoms with E-state index in [9.17, 15) is 4.79 Å². The summed E-state index contributed by atoms with van der Waals surface area (Å²) in [5, 5.41) is 4.77. The van der Waals surface area contributed by atoms with Crippen molar-refractivity contribution in [2.45, 2.75) is 13.0 Å². The van der Waals surface area contributed by atoms with Crippen LogP contribution in [-0.4, -0.2) is 44.0 Å². The Morgan fingerprint density at radius 2 is 2.33 bits per heavy atom. The number of carbonyl (C=O) groups is 1. The molecule has 0 radical (unpaired) electrons. The van der Waals surface area contributed by atoms with Gasteiger partial charge in [-0.25, -0.2) is 0 Å². The van der Waals surface area contributed by atoms with Crippen molar-refractivity contribution in [1.29, 1.82) is 0 Å². The van der Waals surface area contributed by atoms with Gasteiger partial charge in [-0.05, 0) is 27.1 Å². The molecule has 1 aromatic rings. The van der Waals surface area contributed by atoms with Gasteiger partial charge in [0.1, 0.15) is 0 Å². The first-order valence-electron chi connectivity index (χ1n) is 5.76. The minimum atomic E-state index is -0.0543. The third-order valence-electron chi connectivity index (χ3n) is 2.19. The topological polar surface area (TPSA) is 58.4 Å². The second kappa shape index (κ2) is 7.17. The van der Waals surface area contributed by atoms with Crippen molar-refractivity contribution in [3.63, 3.8) is 0 Å². The van der Waals surface area contributed by atoms with Crippen LogP contribution in [0.2, 0.25) is 0 Å². The summed E-state index contributed by atoms with van der Waals surface area (Å²) in [4.78, 5) is 14.8. The van der Waals surface area contributed by atoms with E-state index in [-0.39, 0.29) is 11.9 Å². The SMILES string of the molecule is CC(CN(C)C)NC(=O)c1csc(C#CCN)c1. The zero-order valence-corrected chi connectivity index (χ0v) is 11.8. The van der Waals surface area contributed by atoms with Crippen LogP contribution in [0.1, 0.15) is 22.2 Å². The van der Waals surface area contributed by atoms with Crippen molar-refractivity contribution >= 4 is 17.2 Å². The molecule has 98 valence electrons. The molecule has 5 heteroatoms. The summed E-state index contributed by atoms with van der Waals surface area (Å²) in [6.07, 6.45) is 0. The fourth-order valence-corrected chi connectivity index (χ4v) is 2.31. The van der Waals surface area contributed by atoms with Crippen LogP contribution in [0, 0.1) is 11.8 Å². The van der Waals surface area contributed by atoms with Crippen molar-refractivity contribution in [2.75, 3.05) is 27.2 Å². The first-order valence-corrected chi connectivity index (χ1v) is 6.64. The van der Waals surface area contributed by atoms with Gasteiger partial charge in [0.05, 0.1) is 17.0 Å². The molecule has 0 fully saturated rings. The Morgan fingerprint density at radius 1 is 1.61 bits per heavy atom. The second-order valence-electron chi connectivity index (χ2n) is 4.34. The number of nitrogens with one attached hydrogen (secondary N) is 1. The summed E-state index contributed by atoms with van der Waals surface area (Å²) >= 11 is 1.46. The highest BCUT2D eigenvalue weighted by molar-refractivity contribution is 7.10. The molecule has 1 rings (SSSR count). The zero-order chi connectivity index (χ0) is 13.5. The quantitative estimate of drug-likeness (QED) is 0.789. The third kappa shape index (κ3) is 4.88. The fraction of sp³-hybridized carbons (Fsp3) is 0.462. The van der Waals surface area contributed by atoms with Crippen molar-refractivity contribution < 1.29 is 4.79 Å². The van der Waals surface area contributed by atoms with Crippen LogP contribution in [0.25, 0.3) is 0 Å². The summed E-state index contributed by atoms with van der Waals surface area (Å²) in [6.45, 7) is 3.13. The Hall–Kier alpha value is -1.35. The number of hydrogen-bond donors (Lipinski definition) is 2. The summed E-state index contributed by atoms with van der Waals surface area (Å²) in [5.41, 5.74) is 5.96. The molecule has 0 aliphatic heterocycles. The molecule has 3 N–H and O–H groups in total. The number of carbonyl (C=O) groups excluding carboxylic acids is 1. The monoisotopic (exact) mass is 265 g/mol. The fourth-order valence-electron chi connectivity index (χ4n) is 1.56. The van der Waals surface area contributed by atoms with Gasteiger partial charge in [-0.2, -0.15) is 0 Å². The average Bonchev–Trinajstić information content (AvgIpc) is 2.73. The number of nitrogens with two attached hydrogens (primary N) is 1. The van der Waals surface area contributed by atoms with Crippen LogP contribution in [0.5, 0.6) is 0 Å². The molecule has 0 saturated heterocycles. The molecule has 1 aromatic heterocycles. The van der Waals surface area contributed by atoms with E-state index in [1.165, 1.54) is 11.3 Å². The third-order valence-corrected chi connectivity index (χ3v) is 3.04. The Kier molecular flexibility index (Phi) is 5.86. The lowest BCUT2D eigenvalue weighted by Crippen LogP contribution is -2.39. The zero-order valence-electron chi connectivity index (χ0n) is 11.0. The van der Waals surface area contributed by atoms with Crippen LogP contribution >= 0.6 is 11.3 Å². The smallest absolute Gasteiger partial charge is 0.252 e. The largest absolute Gasteiger partial charge is 0.348 e. The lowest BCUT2D eigenvalue weighted by molar-refractivity contribution is 0.0935. The summed E-state index contributed by atoms with van der Waals surface area (Å²) in [5.74, 6) is 5.64. The van der Waals surface area contributed by atoms with E-state index in [1.807, 2.05) is 31.3 Å². The lowest BCUT2D eigenvalue weighted by atomic mass is 10.2. The molecule has 1 amide bonds. The molecule has 1 atom stereocenters. The van der Waals surface area contributed by atoms with Gasteiger partial charge in [0.25, 0.3) is 5.91 Å². The van der Waals surface area contributed by atoms with Crippen molar-refractivity contribution in [1.82, 2.24) is 10.2 Å². The minimum Gasteiger partial charge on any atom is -0.348 e. The summed E-state index contributed by atoms with van der Waals surface area (Å²) in [7, 11) is 3.96. The molecule has 0 aliphatic rings. The maximum atomic E-state index is 11.9. The van der Waals surface area contributed by atoms with Gasteiger partial charge in [0.15, 0.2) is 0 Å². The average molecular weight is 265 g/mol. The van der Waals surface area contributed by atoms with E-state index in [4.69, 9.17) is 5.73 Å². The van der Waals surface area contributed by atoms with Crippen molar-refractivity contribution in [3.05, 3.63) is 21.9 Å². The van der Waals surface area contributed by atoms with E-state index in [0.29, 0.717) is 12.1 Å². The highest BCUT2D eigenvalue weighted by Gasteiger charge is 2.11. The van der Waals surface area contributed by atoms with E-state index in [1.54, 1.807) is 6.07 Å². The predicted octanol–water partition coefficient (Wildman–Crippen LogP) is 0.738. The molecular weight excluding hydrogens is 246 g/mol. The van der Waals surface area contributed by atoms with Crippen LogP contribution in [0.3, 0.4) is 0 Å². The van der Waals surface area contributed by atoms with Gasteiger partial charge in [-0.15, -0.1) is 11.3 Å². The van der Waals surface area contributed by atoms with Crippen molar-refractivity contribution in [2.24, 2.45) is 5.73 Å². The van der Waals surface area contributed by atoms with Crippen LogP contribution in [-0.2, 0) is 0 Å². The number of rotatable bonds is 4. The van der Waals surface area contributed by atoms with Crippen LogP contribution < -0.4 is 11.1 Å². The first-order chi connectivity index (χ1) is 8.52. The molecule has 1 unspecified atom stereocenters. The molecule has 4 nitrogen and oxygen atoms in total. The van der Waals surface area contributed by atoms with E-state index in [0.717, 1.165) is 11.4 Å². The highest BCUT2D eigenvalue weighted by atomic mass is 32.1. The standard InChI is InChI=1S/C13H19N3OS/c1-10(8-16(2)3)15-13(17)11-7-12(18-9-11)5-4-6-14/h7,9-10H,6,8,14H2,1-3H3,(H,15,17). The van der Waals surface area contributed by atoms with Gasteiger partial charge in [0, 0.05) is 18.0 Å². The van der Waals surface area contributed by atoms with E-state index in [2.05, 4.69) is 17.2 Å². The van der Waals surface area contributed by atoms with Crippen LogP contribution in [0.15, 0.2) is 11.4 Å². The van der Waals surface area contributed by atoms with Gasteiger partial charge in [-0.3, -0.25) is 4.79 Å². The van der Waals surface area contributed by atoms with Crippen LogP contribution in [0.4, 0.5) is 0 Å². The Morgan fingerprint density at radius 3 is 2.94 bits per heavy atom. The molecular formula is C13H19N3OS. The molecule has 18 heavy (non-hydrogen) atoms. The number of hydrogen-bond acceptors (Lipinski definition) is 4. The van der Waals surface area contributed by atoms with Gasteiger partial charge < -0.3 is 16.0 Å². The lowest BCUT2D eigenvalue weighted by Gasteiger charge is -2.17. The minimum absolute atomic E-state index is 0.0543. The highest BCUT2D eigenvalue weighted by Crippen LogP contribution is 2.13. The summed E-state index contributed by atoms with van der Waals surface area (Å²) < 4.78 is 0. The number of nitrogens with zero attached hydrogens (tertiary/aromatic N) is 1. The molecule has 0 aromatic carbocycles. The van der Waals surface area contributed by atoms with Gasteiger partial charge >= 0.3 is 0 Å². The summed E-state index contributed by atoms with van der Waals surface area (Å²) in [6, 6.07) is 1.91. The molecule has 0 bridgehead atoms. The Balaban J connectivity index is 2.59. The van der Waals surface area contributed by atoms with Gasteiger partial charge in [-0.1, -0.05) is 11.8 Å². The van der Waals surface area contributed by atoms with Gasteiger partial charge in [0.2, 0.25) is 0 Å². The number of amides is 1.